The molecule has 1 amide bonds. The molecule has 0 fully saturated rings. The number of carbonyl (C=O) groups excluding carboxylic acids is 1. The number of nitrogens with one attached hydrogen (secondary N) is 2. The third-order valence-corrected chi connectivity index (χ3v) is 5.13. The molecule has 0 saturated carbocycles. The number of primary sulfonamides is 1. The number of hydrogen-bond acceptors (Lipinski definition) is 4. The number of nitrogens with zero attached hydrogens (tertiary/aromatic N) is 2. The zero-order chi connectivity index (χ0) is 21.4. The van der Waals surface area contributed by atoms with E-state index in [0.717, 1.165) is 11.1 Å². The summed E-state index contributed by atoms with van der Waals surface area (Å²) < 4.78 is 22.7. The molecule has 10 heteroatoms. The van der Waals surface area contributed by atoms with E-state index >= 15 is 0 Å². The second kappa shape index (κ2) is 10.2. The van der Waals surface area contributed by atoms with Gasteiger partial charge in [0.15, 0.2) is 5.96 Å². The Kier molecular flexibility index (Phi) is 8.00. The standard InChI is InChI=1S/C19H24ClN5O3S/c1-25(2)18(26)13-24-19(22-11-14-3-7-16(20)8-4-14)23-12-15-5-9-17(10-6-15)29(21,27)28/h3-10H,11-13H2,1-2H3,(H2,21,27,28)(H2,22,23,24). The van der Waals surface area contributed by atoms with Gasteiger partial charge in [0.1, 0.15) is 0 Å². The highest BCUT2D eigenvalue weighted by Gasteiger charge is 2.08. The van der Waals surface area contributed by atoms with Gasteiger partial charge in [0.2, 0.25) is 15.9 Å². The molecule has 0 saturated heterocycles. The molecule has 156 valence electrons. The molecule has 0 radical (unpaired) electrons. The molecular formula is C19H24ClN5O3S. The van der Waals surface area contributed by atoms with Crippen LogP contribution in [-0.2, 0) is 27.9 Å². The molecule has 2 aromatic rings. The Labute approximate surface area is 175 Å². The lowest BCUT2D eigenvalue weighted by Gasteiger charge is -2.15. The first kappa shape index (κ1) is 22.7. The third-order valence-electron chi connectivity index (χ3n) is 3.95. The van der Waals surface area contributed by atoms with Crippen LogP contribution in [0.15, 0.2) is 58.4 Å². The number of nitrogens with two attached hydrogens (primary N) is 1. The van der Waals surface area contributed by atoms with Gasteiger partial charge in [0.05, 0.1) is 18.0 Å². The van der Waals surface area contributed by atoms with Crippen LogP contribution in [0.5, 0.6) is 0 Å². The molecule has 0 unspecified atom stereocenters. The molecule has 0 aliphatic rings. The number of halogens is 1. The Hall–Kier alpha value is -2.62. The van der Waals surface area contributed by atoms with Crippen molar-refractivity contribution in [2.75, 3.05) is 20.6 Å². The molecule has 29 heavy (non-hydrogen) atoms. The first-order chi connectivity index (χ1) is 13.6. The fourth-order valence-electron chi connectivity index (χ4n) is 2.23. The normalized spacial score (nSPS) is 11.8. The van der Waals surface area contributed by atoms with Crippen molar-refractivity contribution in [1.29, 1.82) is 0 Å². The summed E-state index contributed by atoms with van der Waals surface area (Å²) >= 11 is 5.90. The van der Waals surface area contributed by atoms with E-state index in [-0.39, 0.29) is 17.3 Å². The van der Waals surface area contributed by atoms with Crippen molar-refractivity contribution < 1.29 is 13.2 Å². The topological polar surface area (TPSA) is 117 Å². The summed E-state index contributed by atoms with van der Waals surface area (Å²) in [6.45, 7) is 0.865. The summed E-state index contributed by atoms with van der Waals surface area (Å²) in [5.74, 6) is 0.356. The van der Waals surface area contributed by atoms with Crippen LogP contribution in [0.4, 0.5) is 0 Å². The average molecular weight is 438 g/mol. The minimum absolute atomic E-state index is 0.0487. The van der Waals surface area contributed by atoms with E-state index in [1.54, 1.807) is 38.4 Å². The van der Waals surface area contributed by atoms with Gasteiger partial charge in [0, 0.05) is 25.7 Å². The van der Waals surface area contributed by atoms with Crippen molar-refractivity contribution >= 4 is 33.5 Å². The smallest absolute Gasteiger partial charge is 0.241 e. The SMILES string of the molecule is CN(C)C(=O)CNC(=NCc1ccc(Cl)cc1)NCc1ccc(S(N)(=O)=O)cc1. The average Bonchev–Trinajstić information content (AvgIpc) is 2.68. The van der Waals surface area contributed by atoms with E-state index in [9.17, 15) is 13.2 Å². The Morgan fingerprint density at radius 2 is 1.62 bits per heavy atom. The minimum atomic E-state index is -3.73. The molecule has 8 nitrogen and oxygen atoms in total. The van der Waals surface area contributed by atoms with Crippen molar-refractivity contribution in [3.8, 4) is 0 Å². The molecular weight excluding hydrogens is 414 g/mol. The van der Waals surface area contributed by atoms with Crippen LogP contribution in [0.25, 0.3) is 0 Å². The van der Waals surface area contributed by atoms with Crippen molar-refractivity contribution in [2.24, 2.45) is 10.1 Å². The third kappa shape index (κ3) is 7.72. The van der Waals surface area contributed by atoms with Crippen LogP contribution in [0.1, 0.15) is 11.1 Å². The molecule has 2 rings (SSSR count). The molecule has 0 atom stereocenters. The van der Waals surface area contributed by atoms with Gasteiger partial charge in [-0.25, -0.2) is 18.5 Å². The molecule has 4 N–H and O–H groups in total. The lowest BCUT2D eigenvalue weighted by atomic mass is 10.2. The fraction of sp³-hybridized carbons (Fsp3) is 0.263. The number of aliphatic imine (C=N–C) groups is 1. The summed E-state index contributed by atoms with van der Waals surface area (Å²) in [7, 11) is -0.376. The van der Waals surface area contributed by atoms with Gasteiger partial charge in [-0.05, 0) is 35.4 Å². The zero-order valence-electron chi connectivity index (χ0n) is 16.2. The highest BCUT2D eigenvalue weighted by Crippen LogP contribution is 2.10. The maximum atomic E-state index is 11.9. The van der Waals surface area contributed by atoms with Gasteiger partial charge in [-0.3, -0.25) is 4.79 Å². The largest absolute Gasteiger partial charge is 0.352 e. The molecule has 0 spiro atoms. The number of carbonyl (C=O) groups is 1. The van der Waals surface area contributed by atoms with Crippen LogP contribution < -0.4 is 15.8 Å². The first-order valence-electron chi connectivity index (χ1n) is 8.73. The summed E-state index contributed by atoms with van der Waals surface area (Å²) in [5.41, 5.74) is 1.80. The zero-order valence-corrected chi connectivity index (χ0v) is 17.8. The predicted octanol–water partition coefficient (Wildman–Crippen LogP) is 1.31. The molecule has 0 aromatic heterocycles. The highest BCUT2D eigenvalue weighted by atomic mass is 35.5. The maximum Gasteiger partial charge on any atom is 0.241 e. The number of benzene rings is 2. The van der Waals surface area contributed by atoms with Crippen LogP contribution in [0.2, 0.25) is 5.02 Å². The van der Waals surface area contributed by atoms with E-state index in [1.165, 1.54) is 17.0 Å². The number of hydrogen-bond donors (Lipinski definition) is 3. The molecule has 0 heterocycles. The monoisotopic (exact) mass is 437 g/mol. The van der Waals surface area contributed by atoms with Crippen LogP contribution >= 0.6 is 11.6 Å². The van der Waals surface area contributed by atoms with Crippen molar-refractivity contribution in [1.82, 2.24) is 15.5 Å². The number of rotatable bonds is 7. The second-order valence-electron chi connectivity index (χ2n) is 6.48. The maximum absolute atomic E-state index is 11.9. The predicted molar refractivity (Wildman–Crippen MR) is 114 cm³/mol. The summed E-state index contributed by atoms with van der Waals surface area (Å²) in [6, 6.07) is 13.5. The molecule has 0 aliphatic carbocycles. The van der Waals surface area contributed by atoms with Crippen molar-refractivity contribution in [2.45, 2.75) is 18.0 Å². The summed E-state index contributed by atoms with van der Waals surface area (Å²) in [4.78, 5) is 17.9. The van der Waals surface area contributed by atoms with Gasteiger partial charge in [0.25, 0.3) is 0 Å². The Bertz CT molecular complexity index is 958. The summed E-state index contributed by atoms with van der Waals surface area (Å²) in [5, 5.41) is 11.9. The fourth-order valence-corrected chi connectivity index (χ4v) is 2.88. The lowest BCUT2D eigenvalue weighted by Crippen LogP contribution is -2.42. The molecule has 0 bridgehead atoms. The van der Waals surface area contributed by atoms with Gasteiger partial charge >= 0.3 is 0 Å². The van der Waals surface area contributed by atoms with E-state index in [0.29, 0.717) is 24.1 Å². The van der Waals surface area contributed by atoms with Gasteiger partial charge in [-0.1, -0.05) is 35.9 Å². The lowest BCUT2D eigenvalue weighted by molar-refractivity contribution is -0.127. The van der Waals surface area contributed by atoms with Gasteiger partial charge in [-0.15, -0.1) is 0 Å². The molecule has 0 aliphatic heterocycles. The van der Waals surface area contributed by atoms with E-state index in [2.05, 4.69) is 15.6 Å². The Morgan fingerprint density at radius 1 is 1.03 bits per heavy atom. The van der Waals surface area contributed by atoms with Gasteiger partial charge < -0.3 is 15.5 Å². The van der Waals surface area contributed by atoms with Crippen LogP contribution in [0.3, 0.4) is 0 Å². The van der Waals surface area contributed by atoms with Crippen LogP contribution in [0, 0.1) is 0 Å². The van der Waals surface area contributed by atoms with Crippen molar-refractivity contribution in [3.63, 3.8) is 0 Å². The number of likely N-dealkylation sites (N-methyl/N-ethyl adjacent to an activating group) is 1. The molecule has 2 aromatic carbocycles. The highest BCUT2D eigenvalue weighted by molar-refractivity contribution is 7.89. The van der Waals surface area contributed by atoms with Crippen LogP contribution in [-0.4, -0.2) is 45.8 Å². The van der Waals surface area contributed by atoms with E-state index in [4.69, 9.17) is 16.7 Å². The minimum Gasteiger partial charge on any atom is -0.352 e. The quantitative estimate of drug-likeness (QED) is 0.446. The van der Waals surface area contributed by atoms with E-state index < -0.39 is 10.0 Å². The Morgan fingerprint density at radius 3 is 2.17 bits per heavy atom. The van der Waals surface area contributed by atoms with E-state index in [1.807, 2.05) is 12.1 Å². The van der Waals surface area contributed by atoms with Gasteiger partial charge in [-0.2, -0.15) is 0 Å². The summed E-state index contributed by atoms with van der Waals surface area (Å²) in [6.07, 6.45) is 0. The number of sulfonamides is 1. The van der Waals surface area contributed by atoms with Crippen molar-refractivity contribution in [3.05, 3.63) is 64.7 Å². The first-order valence-corrected chi connectivity index (χ1v) is 10.7. The second-order valence-corrected chi connectivity index (χ2v) is 8.47. The number of guanidine groups is 1. The number of amides is 1. The Balaban J connectivity index is 2.06.